The summed E-state index contributed by atoms with van der Waals surface area (Å²) in [6, 6.07) is 2.06. The molecular weight excluding hydrogens is 264 g/mol. The average molecular weight is 283 g/mol. The lowest BCUT2D eigenvalue weighted by atomic mass is 9.93. The maximum absolute atomic E-state index is 13.4. The molecule has 0 saturated heterocycles. The minimum Gasteiger partial charge on any atom is -0.444 e. The highest BCUT2D eigenvalue weighted by Crippen LogP contribution is 2.31. The van der Waals surface area contributed by atoms with Crippen molar-refractivity contribution in [1.29, 1.82) is 0 Å². The fraction of sp³-hybridized carbons (Fsp3) is 0.533. The zero-order valence-corrected chi connectivity index (χ0v) is 12.2. The first-order valence-corrected chi connectivity index (χ1v) is 6.66. The number of ether oxygens (including phenoxy) is 1. The second-order valence-corrected chi connectivity index (χ2v) is 6.06. The average Bonchev–Trinajstić information content (AvgIpc) is 2.30. The van der Waals surface area contributed by atoms with Crippen molar-refractivity contribution < 1.29 is 18.3 Å². The SMILES string of the molecule is CC1c2cc(F)c(F)cc2CCN1C(=O)OC(C)(C)C. The number of carbonyl (C=O) groups excluding carboxylic acids is 1. The summed E-state index contributed by atoms with van der Waals surface area (Å²) in [5.41, 5.74) is 0.808. The number of rotatable bonds is 0. The van der Waals surface area contributed by atoms with Crippen molar-refractivity contribution in [2.45, 2.75) is 45.8 Å². The van der Waals surface area contributed by atoms with Crippen LogP contribution in [0.4, 0.5) is 13.6 Å². The molecule has 0 saturated carbocycles. The third-order valence-electron chi connectivity index (χ3n) is 3.35. The van der Waals surface area contributed by atoms with Crippen LogP contribution in [0.3, 0.4) is 0 Å². The Morgan fingerprint density at radius 3 is 2.50 bits per heavy atom. The van der Waals surface area contributed by atoms with Crippen LogP contribution in [-0.4, -0.2) is 23.1 Å². The molecule has 20 heavy (non-hydrogen) atoms. The molecule has 1 amide bonds. The number of halogens is 2. The molecule has 0 bridgehead atoms. The maximum Gasteiger partial charge on any atom is 0.410 e. The lowest BCUT2D eigenvalue weighted by Crippen LogP contribution is -2.42. The first kappa shape index (κ1) is 14.8. The van der Waals surface area contributed by atoms with Gasteiger partial charge in [-0.2, -0.15) is 0 Å². The second kappa shape index (κ2) is 5.04. The normalized spacial score (nSPS) is 18.7. The Morgan fingerprint density at radius 1 is 1.30 bits per heavy atom. The lowest BCUT2D eigenvalue weighted by Gasteiger charge is -2.36. The third kappa shape index (κ3) is 2.92. The number of nitrogens with zero attached hydrogens (tertiary/aromatic N) is 1. The van der Waals surface area contributed by atoms with Gasteiger partial charge < -0.3 is 9.64 Å². The van der Waals surface area contributed by atoms with Crippen molar-refractivity contribution in [2.75, 3.05) is 6.54 Å². The van der Waals surface area contributed by atoms with Gasteiger partial charge >= 0.3 is 6.09 Å². The molecule has 1 unspecified atom stereocenters. The molecule has 0 radical (unpaired) electrons. The quantitative estimate of drug-likeness (QED) is 0.724. The third-order valence-corrected chi connectivity index (χ3v) is 3.35. The highest BCUT2D eigenvalue weighted by molar-refractivity contribution is 5.69. The zero-order chi connectivity index (χ0) is 15.1. The fourth-order valence-electron chi connectivity index (χ4n) is 2.38. The molecule has 1 aliphatic rings. The van der Waals surface area contributed by atoms with E-state index in [2.05, 4.69) is 0 Å². The summed E-state index contributed by atoms with van der Waals surface area (Å²) in [5.74, 6) is -1.73. The lowest BCUT2D eigenvalue weighted by molar-refractivity contribution is 0.0159. The van der Waals surface area contributed by atoms with Crippen LogP contribution in [0, 0.1) is 11.6 Å². The summed E-state index contributed by atoms with van der Waals surface area (Å²) >= 11 is 0. The number of hydrogen-bond acceptors (Lipinski definition) is 2. The highest BCUT2D eigenvalue weighted by Gasteiger charge is 2.31. The van der Waals surface area contributed by atoms with Crippen LogP contribution in [-0.2, 0) is 11.2 Å². The fourth-order valence-corrected chi connectivity index (χ4v) is 2.38. The van der Waals surface area contributed by atoms with Gasteiger partial charge in [0.05, 0.1) is 6.04 Å². The van der Waals surface area contributed by atoms with Gasteiger partial charge in [-0.3, -0.25) is 0 Å². The van der Waals surface area contributed by atoms with Crippen molar-refractivity contribution in [1.82, 2.24) is 4.90 Å². The monoisotopic (exact) mass is 283 g/mol. The van der Waals surface area contributed by atoms with E-state index in [9.17, 15) is 13.6 Å². The van der Waals surface area contributed by atoms with Crippen LogP contribution in [0.15, 0.2) is 12.1 Å². The van der Waals surface area contributed by atoms with Crippen molar-refractivity contribution >= 4 is 6.09 Å². The largest absolute Gasteiger partial charge is 0.444 e. The zero-order valence-electron chi connectivity index (χ0n) is 12.2. The van der Waals surface area contributed by atoms with Crippen LogP contribution in [0.25, 0.3) is 0 Å². The predicted octanol–water partition coefficient (Wildman–Crippen LogP) is 3.82. The van der Waals surface area contributed by atoms with Crippen molar-refractivity contribution in [2.24, 2.45) is 0 Å². The van der Waals surface area contributed by atoms with Crippen LogP contribution in [0.2, 0.25) is 0 Å². The van der Waals surface area contributed by atoms with Gasteiger partial charge in [-0.1, -0.05) is 0 Å². The second-order valence-electron chi connectivity index (χ2n) is 6.06. The molecule has 1 aliphatic heterocycles. The molecule has 3 nitrogen and oxygen atoms in total. The Kier molecular flexibility index (Phi) is 3.71. The van der Waals surface area contributed by atoms with E-state index in [4.69, 9.17) is 4.74 Å². The van der Waals surface area contributed by atoms with Gasteiger partial charge in [-0.25, -0.2) is 13.6 Å². The maximum atomic E-state index is 13.4. The van der Waals surface area contributed by atoms with Crippen LogP contribution >= 0.6 is 0 Å². The van der Waals surface area contributed by atoms with Gasteiger partial charge in [0.1, 0.15) is 5.60 Å². The summed E-state index contributed by atoms with van der Waals surface area (Å²) in [7, 11) is 0. The molecule has 1 atom stereocenters. The van der Waals surface area contributed by atoms with Gasteiger partial charge in [0, 0.05) is 6.54 Å². The summed E-state index contributed by atoms with van der Waals surface area (Å²) in [5, 5.41) is 0. The standard InChI is InChI=1S/C15H19F2NO2/c1-9-11-8-13(17)12(16)7-10(11)5-6-18(9)14(19)20-15(2,3)4/h7-9H,5-6H2,1-4H3. The number of amides is 1. The Labute approximate surface area is 117 Å². The number of fused-ring (bicyclic) bond motifs is 1. The summed E-state index contributed by atoms with van der Waals surface area (Å²) in [6.45, 7) is 7.61. The van der Waals surface area contributed by atoms with E-state index in [0.717, 1.165) is 5.56 Å². The van der Waals surface area contributed by atoms with Crippen molar-refractivity contribution in [3.05, 3.63) is 34.9 Å². The van der Waals surface area contributed by atoms with Gasteiger partial charge in [0.2, 0.25) is 0 Å². The van der Waals surface area contributed by atoms with Crippen molar-refractivity contribution in [3.63, 3.8) is 0 Å². The molecule has 5 heteroatoms. The van der Waals surface area contributed by atoms with Gasteiger partial charge in [0.25, 0.3) is 0 Å². The van der Waals surface area contributed by atoms with Gasteiger partial charge in [-0.05, 0) is 57.4 Å². The molecule has 0 N–H and O–H groups in total. The molecule has 0 spiro atoms. The van der Waals surface area contributed by atoms with Gasteiger partial charge in [0.15, 0.2) is 11.6 Å². The van der Waals surface area contributed by atoms with E-state index < -0.39 is 23.3 Å². The van der Waals surface area contributed by atoms with E-state index in [1.807, 2.05) is 0 Å². The Bertz CT molecular complexity index is 537. The Hall–Kier alpha value is -1.65. The van der Waals surface area contributed by atoms with E-state index in [-0.39, 0.29) is 6.04 Å². The Morgan fingerprint density at radius 2 is 1.90 bits per heavy atom. The Balaban J connectivity index is 2.25. The van der Waals surface area contributed by atoms with E-state index in [1.54, 1.807) is 32.6 Å². The highest BCUT2D eigenvalue weighted by atomic mass is 19.2. The molecule has 1 heterocycles. The van der Waals surface area contributed by atoms with Crippen molar-refractivity contribution in [3.8, 4) is 0 Å². The van der Waals surface area contributed by atoms with E-state index in [1.165, 1.54) is 12.1 Å². The van der Waals surface area contributed by atoms with Crippen LogP contribution < -0.4 is 0 Å². The number of benzene rings is 1. The summed E-state index contributed by atoms with van der Waals surface area (Å²) in [6.07, 6.45) is 0.0659. The molecule has 110 valence electrons. The van der Waals surface area contributed by atoms with Crippen LogP contribution in [0.5, 0.6) is 0 Å². The molecule has 0 fully saturated rings. The van der Waals surface area contributed by atoms with E-state index >= 15 is 0 Å². The predicted molar refractivity (Wildman–Crippen MR) is 71.4 cm³/mol. The molecule has 1 aromatic carbocycles. The van der Waals surface area contributed by atoms with Gasteiger partial charge in [-0.15, -0.1) is 0 Å². The first-order chi connectivity index (χ1) is 9.19. The topological polar surface area (TPSA) is 29.5 Å². The summed E-state index contributed by atoms with van der Waals surface area (Å²) in [4.78, 5) is 13.7. The minimum atomic E-state index is -0.887. The molecule has 0 aliphatic carbocycles. The van der Waals surface area contributed by atoms with Crippen LogP contribution in [0.1, 0.15) is 44.9 Å². The smallest absolute Gasteiger partial charge is 0.410 e. The minimum absolute atomic E-state index is 0.330. The molecular formula is C15H19F2NO2. The summed E-state index contributed by atoms with van der Waals surface area (Å²) < 4.78 is 31.9. The first-order valence-electron chi connectivity index (χ1n) is 6.66. The molecule has 1 aromatic rings. The molecule has 0 aromatic heterocycles. The molecule has 2 rings (SSSR count). The van der Waals surface area contributed by atoms with E-state index in [0.29, 0.717) is 18.5 Å². The number of carbonyl (C=O) groups is 1. The number of hydrogen-bond donors (Lipinski definition) is 0.